The van der Waals surface area contributed by atoms with Crippen molar-refractivity contribution in [1.29, 1.82) is 0 Å². The highest BCUT2D eigenvalue weighted by Gasteiger charge is 2.18. The van der Waals surface area contributed by atoms with Crippen LogP contribution in [-0.2, 0) is 0 Å². The molecule has 0 saturated carbocycles. The highest BCUT2D eigenvalue weighted by Crippen LogP contribution is 2.40. The first-order chi connectivity index (χ1) is 23.8. The van der Waals surface area contributed by atoms with Gasteiger partial charge in [0.15, 0.2) is 11.4 Å². The number of hydrogen-bond acceptors (Lipinski definition) is 5. The third-order valence-electron chi connectivity index (χ3n) is 9.10. The molecule has 10 aromatic rings. The lowest BCUT2D eigenvalue weighted by atomic mass is 10.0. The quantitative estimate of drug-likeness (QED) is 0.194. The van der Waals surface area contributed by atoms with Crippen LogP contribution < -0.4 is 0 Å². The Kier molecular flexibility index (Phi) is 6.01. The molecule has 0 atom stereocenters. The molecule has 10 rings (SSSR count). The van der Waals surface area contributed by atoms with Crippen molar-refractivity contribution in [3.8, 4) is 45.2 Å². The predicted molar refractivity (Wildman–Crippen MR) is 199 cm³/mol. The molecular formula is C43H25N3OS. The van der Waals surface area contributed by atoms with Gasteiger partial charge >= 0.3 is 0 Å². The first-order valence-electron chi connectivity index (χ1n) is 15.9. The fourth-order valence-electron chi connectivity index (χ4n) is 6.77. The number of fused-ring (bicyclic) bond motifs is 8. The van der Waals surface area contributed by atoms with E-state index < -0.39 is 0 Å². The van der Waals surface area contributed by atoms with Gasteiger partial charge in [0.2, 0.25) is 0 Å². The van der Waals surface area contributed by atoms with Gasteiger partial charge in [-0.3, -0.25) is 0 Å². The number of benzene rings is 6. The Bertz CT molecular complexity index is 2830. The van der Waals surface area contributed by atoms with Gasteiger partial charge in [0, 0.05) is 58.6 Å². The third-order valence-corrected chi connectivity index (χ3v) is 10.3. The van der Waals surface area contributed by atoms with Crippen LogP contribution >= 0.6 is 11.3 Å². The number of aromatic nitrogens is 3. The molecule has 0 radical (unpaired) electrons. The first kappa shape index (κ1) is 27.0. The second-order valence-electron chi connectivity index (χ2n) is 12.0. The molecule has 48 heavy (non-hydrogen) atoms. The minimum Gasteiger partial charge on any atom is -0.454 e. The summed E-state index contributed by atoms with van der Waals surface area (Å²) in [6, 6.07) is 52.5. The summed E-state index contributed by atoms with van der Waals surface area (Å²) in [4.78, 5) is 15.3. The highest BCUT2D eigenvalue weighted by molar-refractivity contribution is 7.25. The van der Waals surface area contributed by atoms with Gasteiger partial charge in [-0.15, -0.1) is 11.3 Å². The van der Waals surface area contributed by atoms with Crippen molar-refractivity contribution < 1.29 is 4.42 Å². The molecule has 0 N–H and O–H groups in total. The van der Waals surface area contributed by atoms with Crippen LogP contribution in [0.4, 0.5) is 0 Å². The Morgan fingerprint density at radius 2 is 1.06 bits per heavy atom. The standard InChI is InChI=1S/C43H25N3OS/c1-2-10-26(11-3-1)35-25-36(46-43(45-35)29-22-23-39-33(24-29)30-12-6-9-17-38(30)48-39)27-18-20-28(21-19-27)41-42-40(31-13-4-7-15-34(31)44-41)32-14-5-8-16-37(32)47-42/h1-25H. The minimum absolute atomic E-state index is 0.702. The molecule has 4 nitrogen and oxygen atoms in total. The fraction of sp³-hybridized carbons (Fsp3) is 0. The molecule has 4 heterocycles. The van der Waals surface area contributed by atoms with E-state index in [2.05, 4.69) is 115 Å². The molecule has 6 aromatic carbocycles. The second-order valence-corrected chi connectivity index (χ2v) is 13.1. The number of nitrogens with zero attached hydrogens (tertiary/aromatic N) is 3. The van der Waals surface area contributed by atoms with Gasteiger partial charge < -0.3 is 4.42 Å². The van der Waals surface area contributed by atoms with Crippen LogP contribution in [0.2, 0.25) is 0 Å². The summed E-state index contributed by atoms with van der Waals surface area (Å²) >= 11 is 1.81. The third kappa shape index (κ3) is 4.33. The van der Waals surface area contributed by atoms with Crippen molar-refractivity contribution in [1.82, 2.24) is 15.0 Å². The van der Waals surface area contributed by atoms with Gasteiger partial charge in [0.25, 0.3) is 0 Å². The Balaban J connectivity index is 1.12. The van der Waals surface area contributed by atoms with Crippen molar-refractivity contribution in [2.75, 3.05) is 0 Å². The largest absolute Gasteiger partial charge is 0.454 e. The average Bonchev–Trinajstić information content (AvgIpc) is 3.74. The molecule has 0 aliphatic rings. The normalized spacial score (nSPS) is 11.8. The van der Waals surface area contributed by atoms with Crippen LogP contribution in [0.25, 0.3) is 98.2 Å². The van der Waals surface area contributed by atoms with Crippen LogP contribution in [0.5, 0.6) is 0 Å². The van der Waals surface area contributed by atoms with Crippen molar-refractivity contribution in [3.05, 3.63) is 152 Å². The van der Waals surface area contributed by atoms with E-state index in [1.807, 2.05) is 47.7 Å². The van der Waals surface area contributed by atoms with E-state index in [-0.39, 0.29) is 0 Å². The average molecular weight is 632 g/mol. The number of furan rings is 1. The molecule has 0 unspecified atom stereocenters. The van der Waals surface area contributed by atoms with Gasteiger partial charge in [-0.2, -0.15) is 0 Å². The summed E-state index contributed by atoms with van der Waals surface area (Å²) in [6.07, 6.45) is 0. The van der Waals surface area contributed by atoms with Gasteiger partial charge in [0.05, 0.1) is 16.9 Å². The SMILES string of the molecule is c1ccc(-c2cc(-c3ccc(-c4nc5ccccc5c5c4oc4ccccc45)cc3)nc(-c3ccc4sc5ccccc5c4c3)n2)cc1. The Morgan fingerprint density at radius 1 is 0.438 bits per heavy atom. The maximum Gasteiger partial charge on any atom is 0.162 e. The Labute approximate surface area is 279 Å². The summed E-state index contributed by atoms with van der Waals surface area (Å²) in [5, 5.41) is 5.77. The molecule has 0 fully saturated rings. The molecule has 5 heteroatoms. The molecule has 0 spiro atoms. The second kappa shape index (κ2) is 10.7. The number of para-hydroxylation sites is 2. The predicted octanol–water partition coefficient (Wildman–Crippen LogP) is 12.0. The van der Waals surface area contributed by atoms with E-state index in [1.54, 1.807) is 0 Å². The summed E-state index contributed by atoms with van der Waals surface area (Å²) in [7, 11) is 0. The topological polar surface area (TPSA) is 51.8 Å². The lowest BCUT2D eigenvalue weighted by molar-refractivity contribution is 0.669. The van der Waals surface area contributed by atoms with E-state index in [9.17, 15) is 0 Å². The maximum absolute atomic E-state index is 6.46. The molecule has 0 aliphatic heterocycles. The van der Waals surface area contributed by atoms with Gasteiger partial charge in [-0.05, 0) is 42.5 Å². The van der Waals surface area contributed by atoms with E-state index in [0.29, 0.717) is 5.82 Å². The summed E-state index contributed by atoms with van der Waals surface area (Å²) in [5.74, 6) is 0.702. The highest BCUT2D eigenvalue weighted by atomic mass is 32.1. The van der Waals surface area contributed by atoms with Crippen molar-refractivity contribution in [2.45, 2.75) is 0 Å². The number of thiophene rings is 1. The zero-order chi connectivity index (χ0) is 31.6. The summed E-state index contributed by atoms with van der Waals surface area (Å²) in [5.41, 5.74) is 9.22. The Morgan fingerprint density at radius 3 is 1.90 bits per heavy atom. The zero-order valence-corrected chi connectivity index (χ0v) is 26.4. The van der Waals surface area contributed by atoms with Crippen LogP contribution in [0.15, 0.2) is 156 Å². The maximum atomic E-state index is 6.46. The van der Waals surface area contributed by atoms with Crippen molar-refractivity contribution in [3.63, 3.8) is 0 Å². The lowest BCUT2D eigenvalue weighted by Gasteiger charge is -2.11. The van der Waals surface area contributed by atoms with Crippen LogP contribution in [0.3, 0.4) is 0 Å². The van der Waals surface area contributed by atoms with E-state index >= 15 is 0 Å². The minimum atomic E-state index is 0.702. The van der Waals surface area contributed by atoms with Crippen molar-refractivity contribution >= 4 is 64.4 Å². The monoisotopic (exact) mass is 631 g/mol. The molecule has 224 valence electrons. The molecule has 0 saturated heterocycles. The molecule has 0 amide bonds. The molecular weight excluding hydrogens is 607 g/mol. The van der Waals surface area contributed by atoms with E-state index in [1.165, 1.54) is 20.2 Å². The van der Waals surface area contributed by atoms with Crippen molar-refractivity contribution in [2.24, 2.45) is 0 Å². The van der Waals surface area contributed by atoms with Gasteiger partial charge in [0.1, 0.15) is 11.3 Å². The molecule has 4 aromatic heterocycles. The summed E-state index contributed by atoms with van der Waals surface area (Å²) < 4.78 is 9.00. The van der Waals surface area contributed by atoms with Crippen LogP contribution in [-0.4, -0.2) is 15.0 Å². The first-order valence-corrected chi connectivity index (χ1v) is 16.8. The number of hydrogen-bond donors (Lipinski definition) is 0. The molecule has 0 aliphatic carbocycles. The number of pyridine rings is 1. The van der Waals surface area contributed by atoms with Gasteiger partial charge in [-0.1, -0.05) is 109 Å². The smallest absolute Gasteiger partial charge is 0.162 e. The summed E-state index contributed by atoms with van der Waals surface area (Å²) in [6.45, 7) is 0. The fourth-order valence-corrected chi connectivity index (χ4v) is 7.86. The van der Waals surface area contributed by atoms with Crippen LogP contribution in [0.1, 0.15) is 0 Å². The number of rotatable bonds is 4. The zero-order valence-electron chi connectivity index (χ0n) is 25.6. The Hall–Kier alpha value is -6.17. The van der Waals surface area contributed by atoms with E-state index in [0.717, 1.165) is 72.2 Å². The molecule has 0 bridgehead atoms. The lowest BCUT2D eigenvalue weighted by Crippen LogP contribution is -1.96. The van der Waals surface area contributed by atoms with Crippen LogP contribution in [0, 0.1) is 0 Å². The van der Waals surface area contributed by atoms with E-state index in [4.69, 9.17) is 19.4 Å². The van der Waals surface area contributed by atoms with Gasteiger partial charge in [-0.25, -0.2) is 15.0 Å².